The molecule has 0 aliphatic carbocycles. The van der Waals surface area contributed by atoms with E-state index in [1.807, 2.05) is 24.3 Å². The van der Waals surface area contributed by atoms with Crippen LogP contribution in [0.2, 0.25) is 0 Å². The van der Waals surface area contributed by atoms with Crippen LogP contribution in [0.3, 0.4) is 0 Å². The zero-order valence-electron chi connectivity index (χ0n) is 17.1. The van der Waals surface area contributed by atoms with Crippen molar-refractivity contribution < 1.29 is 34.4 Å². The highest BCUT2D eigenvalue weighted by Gasteiger charge is 2.20. The predicted octanol–water partition coefficient (Wildman–Crippen LogP) is 3.39. The summed E-state index contributed by atoms with van der Waals surface area (Å²) >= 11 is 1.46. The summed E-state index contributed by atoms with van der Waals surface area (Å²) in [5.74, 6) is -3.65. The fraction of sp³-hybridized carbons (Fsp3) is 0.130. The molecule has 3 aromatic rings. The standard InChI is InChI=1S/C23H18N2O7S/c24-10-14-1-3-15(4-2-14)19-7-8-20(33-19)16-5-6-17(18(9-16)32-13-23(30)31)25(11-21(26)27)12-22(28)29/h1-9H,11-13H2,(H,26,27)(H,28,29)(H,30,31). The Hall–Kier alpha value is -4.36. The van der Waals surface area contributed by atoms with E-state index in [4.69, 9.17) is 25.3 Å². The molecule has 3 rings (SSSR count). The number of carboxylic acids is 3. The van der Waals surface area contributed by atoms with Gasteiger partial charge in [0.15, 0.2) is 6.61 Å². The largest absolute Gasteiger partial charge is 0.480 e. The Kier molecular flexibility index (Phi) is 7.27. The SMILES string of the molecule is N#Cc1ccc(-c2ccc(-c3ccc(N(CC(=O)O)CC(=O)O)c(OCC(=O)O)c3)s2)cc1. The van der Waals surface area contributed by atoms with Crippen molar-refractivity contribution in [2.24, 2.45) is 0 Å². The number of hydrogen-bond acceptors (Lipinski definition) is 7. The molecule has 0 atom stereocenters. The first-order valence-corrected chi connectivity index (χ1v) is 10.4. The van der Waals surface area contributed by atoms with Crippen LogP contribution in [0.25, 0.3) is 20.9 Å². The van der Waals surface area contributed by atoms with Gasteiger partial charge in [-0.1, -0.05) is 18.2 Å². The summed E-state index contributed by atoms with van der Waals surface area (Å²) in [6, 6.07) is 17.7. The molecule has 0 saturated heterocycles. The molecule has 33 heavy (non-hydrogen) atoms. The van der Waals surface area contributed by atoms with Crippen LogP contribution in [0.15, 0.2) is 54.6 Å². The van der Waals surface area contributed by atoms with Gasteiger partial charge in [-0.05, 0) is 47.5 Å². The molecular weight excluding hydrogens is 448 g/mol. The lowest BCUT2D eigenvalue weighted by Gasteiger charge is -2.23. The van der Waals surface area contributed by atoms with Crippen LogP contribution in [-0.4, -0.2) is 52.9 Å². The maximum Gasteiger partial charge on any atom is 0.341 e. The van der Waals surface area contributed by atoms with Crippen LogP contribution in [0.5, 0.6) is 5.75 Å². The molecule has 0 aliphatic heterocycles. The van der Waals surface area contributed by atoms with Gasteiger partial charge in [0.2, 0.25) is 0 Å². The van der Waals surface area contributed by atoms with Gasteiger partial charge in [-0.15, -0.1) is 11.3 Å². The first-order valence-electron chi connectivity index (χ1n) is 9.54. The molecule has 9 nitrogen and oxygen atoms in total. The number of ether oxygens (including phenoxy) is 1. The highest BCUT2D eigenvalue weighted by atomic mass is 32.1. The predicted molar refractivity (Wildman–Crippen MR) is 121 cm³/mol. The van der Waals surface area contributed by atoms with Crippen molar-refractivity contribution in [2.75, 3.05) is 24.6 Å². The topological polar surface area (TPSA) is 148 Å². The smallest absolute Gasteiger partial charge is 0.341 e. The van der Waals surface area contributed by atoms with Gasteiger partial charge in [0.25, 0.3) is 0 Å². The Labute approximate surface area is 192 Å². The Balaban J connectivity index is 1.97. The monoisotopic (exact) mass is 466 g/mol. The summed E-state index contributed by atoms with van der Waals surface area (Å²) in [6.45, 7) is -1.88. The molecule has 0 spiro atoms. The van der Waals surface area contributed by atoms with Crippen molar-refractivity contribution in [1.29, 1.82) is 5.26 Å². The van der Waals surface area contributed by atoms with Crippen LogP contribution in [0.4, 0.5) is 5.69 Å². The maximum atomic E-state index is 11.2. The van der Waals surface area contributed by atoms with Gasteiger partial charge in [0.05, 0.1) is 17.3 Å². The Morgan fingerprint density at radius 2 is 1.42 bits per heavy atom. The molecule has 0 radical (unpaired) electrons. The highest BCUT2D eigenvalue weighted by Crippen LogP contribution is 2.38. The zero-order chi connectivity index (χ0) is 24.0. The second-order valence-corrected chi connectivity index (χ2v) is 7.95. The van der Waals surface area contributed by atoms with Crippen molar-refractivity contribution in [3.63, 3.8) is 0 Å². The van der Waals surface area contributed by atoms with E-state index in [1.54, 1.807) is 24.3 Å². The van der Waals surface area contributed by atoms with Crippen LogP contribution in [-0.2, 0) is 14.4 Å². The van der Waals surface area contributed by atoms with E-state index >= 15 is 0 Å². The van der Waals surface area contributed by atoms with Crippen LogP contribution < -0.4 is 9.64 Å². The molecule has 2 aromatic carbocycles. The lowest BCUT2D eigenvalue weighted by atomic mass is 10.1. The van der Waals surface area contributed by atoms with E-state index in [0.29, 0.717) is 11.1 Å². The molecule has 168 valence electrons. The lowest BCUT2D eigenvalue weighted by molar-refractivity contribution is -0.140. The normalized spacial score (nSPS) is 10.3. The van der Waals surface area contributed by atoms with Crippen molar-refractivity contribution in [1.82, 2.24) is 0 Å². The van der Waals surface area contributed by atoms with E-state index in [9.17, 15) is 14.4 Å². The fourth-order valence-corrected chi connectivity index (χ4v) is 4.10. The second kappa shape index (κ2) is 10.3. The molecule has 0 saturated carbocycles. The molecule has 0 bridgehead atoms. The lowest BCUT2D eigenvalue weighted by Crippen LogP contribution is -2.34. The molecule has 0 amide bonds. The van der Waals surface area contributed by atoms with Crippen molar-refractivity contribution >= 4 is 34.9 Å². The van der Waals surface area contributed by atoms with Gasteiger partial charge < -0.3 is 25.0 Å². The Morgan fingerprint density at radius 3 is 1.97 bits per heavy atom. The van der Waals surface area contributed by atoms with Crippen LogP contribution >= 0.6 is 11.3 Å². The highest BCUT2D eigenvalue weighted by molar-refractivity contribution is 7.18. The quantitative estimate of drug-likeness (QED) is 0.409. The van der Waals surface area contributed by atoms with Crippen LogP contribution in [0.1, 0.15) is 5.56 Å². The molecule has 3 N–H and O–H groups in total. The number of thiophene rings is 1. The molecule has 10 heteroatoms. The Bertz CT molecular complexity index is 1210. The van der Waals surface area contributed by atoms with E-state index < -0.39 is 37.6 Å². The van der Waals surface area contributed by atoms with E-state index in [1.165, 1.54) is 17.4 Å². The molecule has 1 heterocycles. The van der Waals surface area contributed by atoms with Gasteiger partial charge in [0, 0.05) is 9.75 Å². The molecule has 0 aliphatic rings. The molecule has 1 aromatic heterocycles. The summed E-state index contributed by atoms with van der Waals surface area (Å²) in [7, 11) is 0. The zero-order valence-corrected chi connectivity index (χ0v) is 17.9. The number of hydrogen-bond donors (Lipinski definition) is 3. The third kappa shape index (κ3) is 6.09. The Morgan fingerprint density at radius 1 is 0.848 bits per heavy atom. The van der Waals surface area contributed by atoms with Crippen molar-refractivity contribution in [3.05, 3.63) is 60.2 Å². The minimum absolute atomic E-state index is 0.0609. The molecular formula is C23H18N2O7S. The number of nitriles is 1. The van der Waals surface area contributed by atoms with E-state index in [0.717, 1.165) is 20.2 Å². The minimum Gasteiger partial charge on any atom is -0.480 e. The number of anilines is 1. The van der Waals surface area contributed by atoms with Gasteiger partial charge in [-0.2, -0.15) is 5.26 Å². The summed E-state index contributed by atoms with van der Waals surface area (Å²) < 4.78 is 5.37. The fourth-order valence-electron chi connectivity index (χ4n) is 3.09. The van der Waals surface area contributed by atoms with E-state index in [-0.39, 0.29) is 11.4 Å². The molecule has 0 fully saturated rings. The average Bonchev–Trinajstić information content (AvgIpc) is 3.27. The number of rotatable bonds is 10. The first-order chi connectivity index (χ1) is 15.8. The van der Waals surface area contributed by atoms with Gasteiger partial charge >= 0.3 is 17.9 Å². The van der Waals surface area contributed by atoms with Gasteiger partial charge in [-0.3, -0.25) is 9.59 Å². The van der Waals surface area contributed by atoms with Crippen LogP contribution in [0, 0.1) is 11.3 Å². The number of carboxylic acid groups (broad SMARTS) is 3. The first kappa shape index (κ1) is 23.3. The summed E-state index contributed by atoms with van der Waals surface area (Å²) in [5, 5.41) is 36.3. The summed E-state index contributed by atoms with van der Waals surface area (Å²) in [6.07, 6.45) is 0. The van der Waals surface area contributed by atoms with E-state index in [2.05, 4.69) is 6.07 Å². The number of benzene rings is 2. The number of nitrogens with zero attached hydrogens (tertiary/aromatic N) is 2. The van der Waals surface area contributed by atoms with Crippen molar-refractivity contribution in [2.45, 2.75) is 0 Å². The maximum absolute atomic E-state index is 11.2. The minimum atomic E-state index is -1.24. The summed E-state index contributed by atoms with van der Waals surface area (Å²) in [5.41, 5.74) is 2.33. The van der Waals surface area contributed by atoms with Crippen molar-refractivity contribution in [3.8, 4) is 32.7 Å². The van der Waals surface area contributed by atoms with Gasteiger partial charge in [-0.25, -0.2) is 4.79 Å². The number of aliphatic carboxylic acids is 3. The third-order valence-electron chi connectivity index (χ3n) is 4.49. The average molecular weight is 466 g/mol. The summed E-state index contributed by atoms with van der Waals surface area (Å²) in [4.78, 5) is 36.3. The molecule has 0 unspecified atom stereocenters. The second-order valence-electron chi connectivity index (χ2n) is 6.86. The van der Waals surface area contributed by atoms with Gasteiger partial charge in [0.1, 0.15) is 18.8 Å². The third-order valence-corrected chi connectivity index (χ3v) is 5.68. The number of carbonyl (C=O) groups is 3.